The molecular formula is C24H24N2O6S. The highest BCUT2D eigenvalue weighted by atomic mass is 32.1. The van der Waals surface area contributed by atoms with Gasteiger partial charge in [0.2, 0.25) is 11.8 Å². The Morgan fingerprint density at radius 2 is 1.85 bits per heavy atom. The molecule has 3 rings (SSSR count). The van der Waals surface area contributed by atoms with Crippen molar-refractivity contribution in [1.82, 2.24) is 10.3 Å². The second-order valence-corrected chi connectivity index (χ2v) is 8.23. The quantitative estimate of drug-likeness (QED) is 0.252. The number of esters is 1. The number of carbonyl (C=O) groups is 2. The zero-order valence-electron chi connectivity index (χ0n) is 18.2. The highest BCUT2D eigenvalue weighted by Crippen LogP contribution is 2.28. The molecule has 0 aliphatic carbocycles. The van der Waals surface area contributed by atoms with Gasteiger partial charge in [-0.25, -0.2) is 0 Å². The molecule has 3 aromatic rings. The van der Waals surface area contributed by atoms with E-state index in [0.29, 0.717) is 35.8 Å². The third kappa shape index (κ3) is 7.08. The van der Waals surface area contributed by atoms with Gasteiger partial charge < -0.3 is 19.9 Å². The van der Waals surface area contributed by atoms with Crippen LogP contribution in [0.2, 0.25) is 0 Å². The monoisotopic (exact) mass is 468 g/mol. The molecule has 9 heteroatoms. The van der Waals surface area contributed by atoms with Gasteiger partial charge in [-0.05, 0) is 41.3 Å². The number of aromatic hydroxyl groups is 1. The first-order valence-corrected chi connectivity index (χ1v) is 11.0. The van der Waals surface area contributed by atoms with Crippen molar-refractivity contribution in [3.05, 3.63) is 79.8 Å². The van der Waals surface area contributed by atoms with Gasteiger partial charge in [-0.15, -0.1) is 0 Å². The van der Waals surface area contributed by atoms with Crippen LogP contribution in [-0.2, 0) is 22.4 Å². The molecule has 33 heavy (non-hydrogen) atoms. The topological polar surface area (TPSA) is 118 Å². The molecule has 8 nitrogen and oxygen atoms in total. The first-order chi connectivity index (χ1) is 15.8. The van der Waals surface area contributed by atoms with Crippen molar-refractivity contribution in [2.75, 3.05) is 13.7 Å². The van der Waals surface area contributed by atoms with Gasteiger partial charge in [-0.1, -0.05) is 41.7 Å². The van der Waals surface area contributed by atoms with Crippen LogP contribution in [0.5, 0.6) is 17.4 Å². The number of rotatable bonds is 9. The van der Waals surface area contributed by atoms with E-state index in [9.17, 15) is 19.5 Å². The smallest absolute Gasteiger partial charge is 0.308 e. The van der Waals surface area contributed by atoms with Gasteiger partial charge in [0.1, 0.15) is 0 Å². The molecule has 0 bridgehead atoms. The summed E-state index contributed by atoms with van der Waals surface area (Å²) in [4.78, 5) is 37.2. The summed E-state index contributed by atoms with van der Waals surface area (Å²) in [5.74, 6) is -0.0320. The summed E-state index contributed by atoms with van der Waals surface area (Å²) >= 11 is 0.997. The van der Waals surface area contributed by atoms with Crippen LogP contribution in [0.4, 0.5) is 0 Å². The fourth-order valence-corrected chi connectivity index (χ4v) is 3.83. The summed E-state index contributed by atoms with van der Waals surface area (Å²) in [6.07, 6.45) is 4.21. The summed E-state index contributed by atoms with van der Waals surface area (Å²) in [5, 5.41) is 12.5. The predicted molar refractivity (Wildman–Crippen MR) is 126 cm³/mol. The number of amides is 1. The lowest BCUT2D eigenvalue weighted by Gasteiger charge is -2.08. The van der Waals surface area contributed by atoms with Gasteiger partial charge >= 0.3 is 10.8 Å². The van der Waals surface area contributed by atoms with Crippen molar-refractivity contribution in [1.29, 1.82) is 0 Å². The van der Waals surface area contributed by atoms with Crippen molar-refractivity contribution in [2.24, 2.45) is 0 Å². The van der Waals surface area contributed by atoms with Crippen molar-refractivity contribution in [2.45, 2.75) is 19.8 Å². The standard InChI is InChI=1S/C24H24N2O6S/c1-15(27)32-19-9-7-17(13-20(19)31-2)8-10-22(28)25-12-11-16-3-5-18(6-4-16)14-21-23(29)26-24(30)33-21/h3-10,13,29H,11-12,14H2,1-2H3,(H,25,28)(H,26,30). The lowest BCUT2D eigenvalue weighted by Crippen LogP contribution is -2.23. The Bertz CT molecular complexity index is 1210. The van der Waals surface area contributed by atoms with E-state index in [-0.39, 0.29) is 16.7 Å². The SMILES string of the molecule is COc1cc(C=CC(=O)NCCc2ccc(Cc3sc(=O)[nH]c3O)cc2)ccc1OC(C)=O. The largest absolute Gasteiger partial charge is 0.494 e. The molecule has 0 saturated heterocycles. The van der Waals surface area contributed by atoms with E-state index in [0.717, 1.165) is 28.0 Å². The number of aromatic nitrogens is 1. The highest BCUT2D eigenvalue weighted by Gasteiger charge is 2.08. The van der Waals surface area contributed by atoms with Crippen LogP contribution in [0.1, 0.15) is 28.5 Å². The molecule has 0 radical (unpaired) electrons. The molecule has 3 N–H and O–H groups in total. The molecule has 0 saturated carbocycles. The normalized spacial score (nSPS) is 10.8. The third-order valence-electron chi connectivity index (χ3n) is 4.67. The van der Waals surface area contributed by atoms with E-state index in [1.54, 1.807) is 24.3 Å². The molecule has 1 heterocycles. The van der Waals surface area contributed by atoms with E-state index in [1.807, 2.05) is 24.3 Å². The summed E-state index contributed by atoms with van der Waals surface area (Å²) in [6, 6.07) is 12.8. The number of hydrogen-bond donors (Lipinski definition) is 3. The fraction of sp³-hybridized carbons (Fsp3) is 0.208. The van der Waals surface area contributed by atoms with Crippen molar-refractivity contribution < 1.29 is 24.2 Å². The van der Waals surface area contributed by atoms with Crippen molar-refractivity contribution in [3.8, 4) is 17.4 Å². The first kappa shape index (κ1) is 23.8. The molecule has 0 aliphatic rings. The zero-order valence-corrected chi connectivity index (χ0v) is 19.0. The maximum atomic E-state index is 12.1. The molecule has 0 atom stereocenters. The zero-order chi connectivity index (χ0) is 23.8. The number of carbonyl (C=O) groups excluding carboxylic acids is 2. The average molecular weight is 469 g/mol. The number of hydrogen-bond acceptors (Lipinski definition) is 7. The van der Waals surface area contributed by atoms with Crippen molar-refractivity contribution in [3.63, 3.8) is 0 Å². The minimum atomic E-state index is -0.441. The maximum absolute atomic E-state index is 12.1. The third-order valence-corrected chi connectivity index (χ3v) is 5.54. The van der Waals surface area contributed by atoms with E-state index in [2.05, 4.69) is 10.3 Å². The van der Waals surface area contributed by atoms with Crippen LogP contribution in [-0.4, -0.2) is 35.6 Å². The van der Waals surface area contributed by atoms with Gasteiger partial charge in [0.25, 0.3) is 0 Å². The molecule has 2 aromatic carbocycles. The van der Waals surface area contributed by atoms with Gasteiger partial charge in [-0.2, -0.15) is 0 Å². The molecule has 0 spiro atoms. The van der Waals surface area contributed by atoms with Crippen LogP contribution >= 0.6 is 11.3 Å². The van der Waals surface area contributed by atoms with Crippen LogP contribution in [0.15, 0.2) is 53.3 Å². The van der Waals surface area contributed by atoms with Crippen LogP contribution in [0.25, 0.3) is 6.08 Å². The average Bonchev–Trinajstić information content (AvgIpc) is 3.10. The van der Waals surface area contributed by atoms with Crippen LogP contribution in [0, 0.1) is 0 Å². The van der Waals surface area contributed by atoms with E-state index >= 15 is 0 Å². The number of ether oxygens (including phenoxy) is 2. The van der Waals surface area contributed by atoms with E-state index in [1.165, 1.54) is 20.1 Å². The second kappa shape index (κ2) is 11.1. The van der Waals surface area contributed by atoms with Gasteiger partial charge in [0, 0.05) is 26.0 Å². The molecule has 0 aliphatic heterocycles. The summed E-state index contributed by atoms with van der Waals surface area (Å²) in [6.45, 7) is 1.78. The van der Waals surface area contributed by atoms with Gasteiger partial charge in [-0.3, -0.25) is 19.4 Å². The van der Waals surface area contributed by atoms with Crippen molar-refractivity contribution >= 4 is 29.3 Å². The van der Waals surface area contributed by atoms with Gasteiger partial charge in [0.05, 0.1) is 12.0 Å². The van der Waals surface area contributed by atoms with Crippen LogP contribution < -0.4 is 19.7 Å². The number of thiazole rings is 1. The molecule has 1 amide bonds. The number of methoxy groups -OCH3 is 1. The molecule has 172 valence electrons. The molecule has 1 aromatic heterocycles. The summed E-state index contributed by atoms with van der Waals surface area (Å²) < 4.78 is 10.3. The lowest BCUT2D eigenvalue weighted by atomic mass is 10.1. The minimum Gasteiger partial charge on any atom is -0.494 e. The number of aromatic amines is 1. The molecule has 0 fully saturated rings. The Morgan fingerprint density at radius 3 is 2.48 bits per heavy atom. The first-order valence-electron chi connectivity index (χ1n) is 10.1. The lowest BCUT2D eigenvalue weighted by molar-refractivity contribution is -0.132. The Morgan fingerprint density at radius 1 is 1.12 bits per heavy atom. The number of H-pyrrole nitrogens is 1. The minimum absolute atomic E-state index is 0.0800. The number of nitrogens with one attached hydrogen (secondary N) is 2. The second-order valence-electron chi connectivity index (χ2n) is 7.16. The van der Waals surface area contributed by atoms with Gasteiger partial charge in [0.15, 0.2) is 11.5 Å². The molecule has 0 unspecified atom stereocenters. The Labute approximate surface area is 194 Å². The Hall–Kier alpha value is -3.85. The molecular weight excluding hydrogens is 444 g/mol. The maximum Gasteiger partial charge on any atom is 0.308 e. The van der Waals surface area contributed by atoms with Crippen LogP contribution in [0.3, 0.4) is 0 Å². The fourth-order valence-electron chi connectivity index (χ4n) is 3.07. The van der Waals surface area contributed by atoms with E-state index < -0.39 is 5.97 Å². The van der Waals surface area contributed by atoms with E-state index in [4.69, 9.17) is 9.47 Å². The summed E-state index contributed by atoms with van der Waals surface area (Å²) in [7, 11) is 1.47. The summed E-state index contributed by atoms with van der Waals surface area (Å²) in [5.41, 5.74) is 2.76. The highest BCUT2D eigenvalue weighted by molar-refractivity contribution is 7.09. The Kier molecular flexibility index (Phi) is 8.04. The number of benzene rings is 2. The predicted octanol–water partition coefficient (Wildman–Crippen LogP) is 3.04. The Balaban J connectivity index is 1.48.